The van der Waals surface area contributed by atoms with E-state index in [2.05, 4.69) is 26.1 Å². The highest BCUT2D eigenvalue weighted by Gasteiger charge is 2.14. The van der Waals surface area contributed by atoms with Crippen molar-refractivity contribution in [1.82, 2.24) is 5.32 Å². The molecule has 0 aliphatic heterocycles. The van der Waals surface area contributed by atoms with Crippen LogP contribution in [0.5, 0.6) is 0 Å². The van der Waals surface area contributed by atoms with E-state index in [1.807, 2.05) is 7.05 Å². The minimum absolute atomic E-state index is 0.349. The molecule has 0 saturated carbocycles. The Balaban J connectivity index is 3.44. The van der Waals surface area contributed by atoms with Gasteiger partial charge in [-0.3, -0.25) is 0 Å². The second kappa shape index (κ2) is 4.73. The molecule has 0 aliphatic carbocycles. The van der Waals surface area contributed by atoms with Crippen LogP contribution in [-0.2, 0) is 0 Å². The van der Waals surface area contributed by atoms with Gasteiger partial charge >= 0.3 is 0 Å². The summed E-state index contributed by atoms with van der Waals surface area (Å²) in [7, 11) is 1.96. The van der Waals surface area contributed by atoms with E-state index in [0.29, 0.717) is 11.5 Å². The maximum absolute atomic E-state index is 5.91. The summed E-state index contributed by atoms with van der Waals surface area (Å²) in [6, 6.07) is 0.349. The van der Waals surface area contributed by atoms with Crippen LogP contribution in [0.4, 0.5) is 0 Å². The highest BCUT2D eigenvalue weighted by atomic mass is 14.8. The van der Waals surface area contributed by atoms with Crippen LogP contribution in [-0.4, -0.2) is 19.6 Å². The van der Waals surface area contributed by atoms with Crippen molar-refractivity contribution in [2.24, 2.45) is 11.1 Å². The summed E-state index contributed by atoms with van der Waals surface area (Å²) in [5.74, 6) is 0. The first kappa shape index (κ1) is 10.9. The first-order valence-corrected chi connectivity index (χ1v) is 4.36. The molecule has 0 fully saturated rings. The van der Waals surface area contributed by atoms with Crippen LogP contribution < -0.4 is 11.1 Å². The van der Waals surface area contributed by atoms with Crippen molar-refractivity contribution in [3.8, 4) is 0 Å². The van der Waals surface area contributed by atoms with Crippen LogP contribution in [0.1, 0.15) is 33.6 Å². The van der Waals surface area contributed by atoms with Gasteiger partial charge in [-0.05, 0) is 31.8 Å². The van der Waals surface area contributed by atoms with Crippen molar-refractivity contribution < 1.29 is 0 Å². The van der Waals surface area contributed by atoms with E-state index < -0.39 is 0 Å². The van der Waals surface area contributed by atoms with Crippen LogP contribution >= 0.6 is 0 Å². The zero-order valence-electron chi connectivity index (χ0n) is 8.28. The minimum atomic E-state index is 0.349. The number of nitrogens with two attached hydrogens (primary N) is 1. The average Bonchev–Trinajstić information content (AvgIpc) is 1.79. The summed E-state index contributed by atoms with van der Waals surface area (Å²) in [5, 5.41) is 3.10. The quantitative estimate of drug-likeness (QED) is 0.648. The lowest BCUT2D eigenvalue weighted by atomic mass is 9.87. The first-order chi connectivity index (χ1) is 4.95. The fraction of sp³-hybridized carbons (Fsp3) is 1.00. The lowest BCUT2D eigenvalue weighted by Crippen LogP contribution is -2.29. The van der Waals surface area contributed by atoms with Crippen molar-refractivity contribution in [2.45, 2.75) is 39.7 Å². The molecule has 0 radical (unpaired) electrons. The number of nitrogens with one attached hydrogen (secondary N) is 1. The summed E-state index contributed by atoms with van der Waals surface area (Å²) in [6.45, 7) is 7.71. The molecule has 2 nitrogen and oxygen atoms in total. The standard InChI is InChI=1S/C9H22N2/c1-9(2,3)7-8(10)5-6-11-4/h8,11H,5-7,10H2,1-4H3. The third kappa shape index (κ3) is 7.82. The molecule has 0 aromatic heterocycles. The van der Waals surface area contributed by atoms with Crippen molar-refractivity contribution >= 4 is 0 Å². The Bertz CT molecular complexity index is 94.2. The summed E-state index contributed by atoms with van der Waals surface area (Å²) < 4.78 is 0. The number of hydrogen-bond donors (Lipinski definition) is 2. The predicted octanol–water partition coefficient (Wildman–Crippen LogP) is 1.36. The summed E-state index contributed by atoms with van der Waals surface area (Å²) in [5.41, 5.74) is 6.27. The summed E-state index contributed by atoms with van der Waals surface area (Å²) in [6.07, 6.45) is 2.18. The van der Waals surface area contributed by atoms with E-state index in [-0.39, 0.29) is 0 Å². The highest BCUT2D eigenvalue weighted by molar-refractivity contribution is 4.71. The molecular weight excluding hydrogens is 136 g/mol. The van der Waals surface area contributed by atoms with E-state index in [1.165, 1.54) is 0 Å². The van der Waals surface area contributed by atoms with Gasteiger partial charge in [0, 0.05) is 6.04 Å². The average molecular weight is 158 g/mol. The molecule has 11 heavy (non-hydrogen) atoms. The molecular formula is C9H22N2. The van der Waals surface area contributed by atoms with Crippen LogP contribution in [0.15, 0.2) is 0 Å². The van der Waals surface area contributed by atoms with Crippen molar-refractivity contribution in [1.29, 1.82) is 0 Å². The SMILES string of the molecule is CNCCC(N)CC(C)(C)C. The third-order valence-corrected chi connectivity index (χ3v) is 1.64. The van der Waals surface area contributed by atoms with Crippen molar-refractivity contribution in [3.05, 3.63) is 0 Å². The van der Waals surface area contributed by atoms with Gasteiger partial charge in [-0.1, -0.05) is 20.8 Å². The maximum Gasteiger partial charge on any atom is 0.00558 e. The van der Waals surface area contributed by atoms with Gasteiger partial charge in [0.05, 0.1) is 0 Å². The predicted molar refractivity (Wildman–Crippen MR) is 50.6 cm³/mol. The van der Waals surface area contributed by atoms with E-state index >= 15 is 0 Å². The van der Waals surface area contributed by atoms with Crippen LogP contribution in [0.25, 0.3) is 0 Å². The van der Waals surface area contributed by atoms with Gasteiger partial charge in [-0.2, -0.15) is 0 Å². The van der Waals surface area contributed by atoms with Gasteiger partial charge in [0.25, 0.3) is 0 Å². The van der Waals surface area contributed by atoms with E-state index in [1.54, 1.807) is 0 Å². The molecule has 68 valence electrons. The molecule has 0 aromatic carbocycles. The second-order valence-electron chi connectivity index (χ2n) is 4.42. The smallest absolute Gasteiger partial charge is 0.00558 e. The lowest BCUT2D eigenvalue weighted by Gasteiger charge is -2.22. The fourth-order valence-electron chi connectivity index (χ4n) is 1.22. The Kier molecular flexibility index (Phi) is 4.69. The molecule has 0 aliphatic rings. The van der Waals surface area contributed by atoms with Crippen LogP contribution in [0.3, 0.4) is 0 Å². The van der Waals surface area contributed by atoms with Gasteiger partial charge in [-0.25, -0.2) is 0 Å². The van der Waals surface area contributed by atoms with Crippen molar-refractivity contribution in [3.63, 3.8) is 0 Å². The monoisotopic (exact) mass is 158 g/mol. The zero-order valence-corrected chi connectivity index (χ0v) is 8.28. The van der Waals surface area contributed by atoms with E-state index in [0.717, 1.165) is 19.4 Å². The molecule has 0 bridgehead atoms. The Morgan fingerprint density at radius 2 is 1.91 bits per heavy atom. The molecule has 0 spiro atoms. The Morgan fingerprint density at radius 3 is 2.27 bits per heavy atom. The van der Waals surface area contributed by atoms with Crippen LogP contribution in [0.2, 0.25) is 0 Å². The van der Waals surface area contributed by atoms with E-state index in [4.69, 9.17) is 5.73 Å². The molecule has 1 atom stereocenters. The fourth-order valence-corrected chi connectivity index (χ4v) is 1.22. The summed E-state index contributed by atoms with van der Waals surface area (Å²) in [4.78, 5) is 0. The molecule has 0 heterocycles. The lowest BCUT2D eigenvalue weighted by molar-refractivity contribution is 0.330. The minimum Gasteiger partial charge on any atom is -0.328 e. The molecule has 3 N–H and O–H groups in total. The molecule has 0 rings (SSSR count). The zero-order chi connectivity index (χ0) is 8.91. The summed E-state index contributed by atoms with van der Waals surface area (Å²) >= 11 is 0. The molecule has 2 heteroatoms. The van der Waals surface area contributed by atoms with Gasteiger partial charge in [0.15, 0.2) is 0 Å². The van der Waals surface area contributed by atoms with Gasteiger partial charge in [-0.15, -0.1) is 0 Å². The second-order valence-corrected chi connectivity index (χ2v) is 4.42. The topological polar surface area (TPSA) is 38.0 Å². The Hall–Kier alpha value is -0.0800. The van der Waals surface area contributed by atoms with Crippen molar-refractivity contribution in [2.75, 3.05) is 13.6 Å². The van der Waals surface area contributed by atoms with Gasteiger partial charge in [0.2, 0.25) is 0 Å². The largest absolute Gasteiger partial charge is 0.328 e. The molecule has 1 unspecified atom stereocenters. The normalized spacial score (nSPS) is 15.0. The molecule has 0 aromatic rings. The van der Waals surface area contributed by atoms with Crippen LogP contribution in [0, 0.1) is 5.41 Å². The highest BCUT2D eigenvalue weighted by Crippen LogP contribution is 2.20. The number of hydrogen-bond acceptors (Lipinski definition) is 2. The third-order valence-electron chi connectivity index (χ3n) is 1.64. The first-order valence-electron chi connectivity index (χ1n) is 4.36. The Labute approximate surface area is 70.5 Å². The van der Waals surface area contributed by atoms with Gasteiger partial charge in [0.1, 0.15) is 0 Å². The maximum atomic E-state index is 5.91. The molecule has 0 amide bonds. The van der Waals surface area contributed by atoms with Gasteiger partial charge < -0.3 is 11.1 Å². The number of rotatable bonds is 4. The van der Waals surface area contributed by atoms with E-state index in [9.17, 15) is 0 Å². The molecule has 0 saturated heterocycles. The Morgan fingerprint density at radius 1 is 1.36 bits per heavy atom.